The second-order valence-electron chi connectivity index (χ2n) is 8.07. The molecule has 1 aromatic heterocycles. The quantitative estimate of drug-likeness (QED) is 0.528. The number of para-hydroxylation sites is 1. The van der Waals surface area contributed by atoms with Crippen LogP contribution in [0.2, 0.25) is 0 Å². The lowest BCUT2D eigenvalue weighted by atomic mass is 9.73. The van der Waals surface area contributed by atoms with E-state index in [0.717, 1.165) is 27.1 Å². The van der Waals surface area contributed by atoms with E-state index in [0.29, 0.717) is 31.6 Å². The van der Waals surface area contributed by atoms with E-state index in [1.54, 1.807) is 0 Å². The Hall–Kier alpha value is -2.90. The number of carbonyl (C=O) groups excluding carboxylic acids is 2. The molecule has 0 radical (unpaired) electrons. The van der Waals surface area contributed by atoms with Crippen LogP contribution in [0.1, 0.15) is 40.2 Å². The normalized spacial score (nSPS) is 15.2. The lowest BCUT2D eigenvalue weighted by molar-refractivity contribution is -0.131. The summed E-state index contributed by atoms with van der Waals surface area (Å²) in [6.07, 6.45) is 1.11. The van der Waals surface area contributed by atoms with E-state index < -0.39 is 5.41 Å². The average Bonchev–Trinajstić information content (AvgIpc) is 3.12. The van der Waals surface area contributed by atoms with Crippen molar-refractivity contribution in [1.82, 2.24) is 15.4 Å². The van der Waals surface area contributed by atoms with Crippen molar-refractivity contribution in [2.24, 2.45) is 0 Å². The highest BCUT2D eigenvalue weighted by atomic mass is 79.9. The number of carbonyl (C=O) groups is 2. The summed E-state index contributed by atoms with van der Waals surface area (Å²) in [5.74, 6) is -0.569. The number of rotatable bonds is 4. The highest BCUT2D eigenvalue weighted by Crippen LogP contribution is 2.35. The zero-order chi connectivity index (χ0) is 22.7. The number of hydrazine groups is 1. The van der Waals surface area contributed by atoms with Crippen LogP contribution in [0.5, 0.6) is 0 Å². The van der Waals surface area contributed by atoms with E-state index in [1.807, 2.05) is 79.1 Å². The molecule has 6 nitrogen and oxygen atoms in total. The summed E-state index contributed by atoms with van der Waals surface area (Å²) in [7, 11) is 0. The highest BCUT2D eigenvalue weighted by Gasteiger charge is 2.42. The molecular formula is C25H26BrN3O3. The van der Waals surface area contributed by atoms with Crippen molar-refractivity contribution in [3.63, 3.8) is 0 Å². The first-order chi connectivity index (χ1) is 15.4. The lowest BCUT2D eigenvalue weighted by Gasteiger charge is -2.36. The first-order valence-electron chi connectivity index (χ1n) is 10.6. The molecule has 0 spiro atoms. The van der Waals surface area contributed by atoms with E-state index >= 15 is 0 Å². The van der Waals surface area contributed by atoms with Crippen LogP contribution in [0.15, 0.2) is 65.1 Å². The molecular weight excluding hydrogens is 470 g/mol. The maximum Gasteiger partial charge on any atom is 0.271 e. The van der Waals surface area contributed by atoms with Gasteiger partial charge < -0.3 is 9.30 Å². The number of hydrogen-bond donors (Lipinski definition) is 2. The third kappa shape index (κ3) is 4.23. The SMILES string of the molecule is Cc1cc(C(=O)NNC(=O)C2(c3ccc(Br)cc3)CCOCC2)c(C)n1-c1ccccc1. The van der Waals surface area contributed by atoms with Gasteiger partial charge in [-0.15, -0.1) is 0 Å². The van der Waals surface area contributed by atoms with Crippen LogP contribution < -0.4 is 10.9 Å². The van der Waals surface area contributed by atoms with Gasteiger partial charge in [0, 0.05) is 34.8 Å². The molecule has 4 rings (SSSR count). The third-order valence-corrected chi connectivity index (χ3v) is 6.69. The van der Waals surface area contributed by atoms with Gasteiger partial charge in [-0.25, -0.2) is 0 Å². The first kappa shape index (κ1) is 22.3. The molecule has 0 aliphatic carbocycles. The van der Waals surface area contributed by atoms with Crippen molar-refractivity contribution in [2.75, 3.05) is 13.2 Å². The van der Waals surface area contributed by atoms with Crippen molar-refractivity contribution in [2.45, 2.75) is 32.1 Å². The third-order valence-electron chi connectivity index (χ3n) is 6.16. The molecule has 2 amide bonds. The van der Waals surface area contributed by atoms with Gasteiger partial charge in [0.1, 0.15) is 0 Å². The van der Waals surface area contributed by atoms with E-state index in [1.165, 1.54) is 0 Å². The fourth-order valence-corrected chi connectivity index (χ4v) is 4.67. The largest absolute Gasteiger partial charge is 0.381 e. The Kier molecular flexibility index (Phi) is 6.48. The van der Waals surface area contributed by atoms with Gasteiger partial charge in [-0.3, -0.25) is 20.4 Å². The molecule has 166 valence electrons. The van der Waals surface area contributed by atoms with Crippen LogP contribution in [-0.4, -0.2) is 29.6 Å². The summed E-state index contributed by atoms with van der Waals surface area (Å²) in [5.41, 5.74) is 8.76. The predicted octanol–water partition coefficient (Wildman–Crippen LogP) is 4.37. The van der Waals surface area contributed by atoms with Crippen molar-refractivity contribution in [1.29, 1.82) is 0 Å². The monoisotopic (exact) mass is 495 g/mol. The number of aryl methyl sites for hydroxylation is 1. The van der Waals surface area contributed by atoms with E-state index in [9.17, 15) is 9.59 Å². The number of aromatic nitrogens is 1. The van der Waals surface area contributed by atoms with Gasteiger partial charge in [-0.1, -0.05) is 46.3 Å². The summed E-state index contributed by atoms with van der Waals surface area (Å²) in [4.78, 5) is 26.3. The molecule has 0 unspecified atom stereocenters. The maximum atomic E-state index is 13.3. The molecule has 1 aliphatic heterocycles. The highest BCUT2D eigenvalue weighted by molar-refractivity contribution is 9.10. The van der Waals surface area contributed by atoms with Crippen molar-refractivity contribution in [3.8, 4) is 5.69 Å². The number of hydrogen-bond acceptors (Lipinski definition) is 3. The standard InChI is InChI=1S/C25H26BrN3O3/c1-17-16-22(18(2)29(17)21-6-4-3-5-7-21)23(30)27-28-24(31)25(12-14-32-15-13-25)19-8-10-20(26)11-9-19/h3-11,16H,12-15H2,1-2H3,(H,27,30)(H,28,31). The molecule has 3 aromatic rings. The number of halogens is 1. The van der Waals surface area contributed by atoms with Crippen LogP contribution in [0.3, 0.4) is 0 Å². The summed E-state index contributed by atoms with van der Waals surface area (Å²) < 4.78 is 8.49. The molecule has 0 saturated carbocycles. The van der Waals surface area contributed by atoms with Crippen molar-refractivity contribution in [3.05, 3.63) is 87.7 Å². The Labute approximate surface area is 196 Å². The van der Waals surface area contributed by atoms with Crippen molar-refractivity contribution >= 4 is 27.7 Å². The Morgan fingerprint density at radius 1 is 0.969 bits per heavy atom. The van der Waals surface area contributed by atoms with Gasteiger partial charge in [0.15, 0.2) is 0 Å². The van der Waals surface area contributed by atoms with Crippen LogP contribution in [0.4, 0.5) is 0 Å². The molecule has 0 atom stereocenters. The Balaban J connectivity index is 1.53. The number of nitrogens with one attached hydrogen (secondary N) is 2. The van der Waals surface area contributed by atoms with Gasteiger partial charge in [0.2, 0.25) is 5.91 Å². The fraction of sp³-hybridized carbons (Fsp3) is 0.280. The topological polar surface area (TPSA) is 72.4 Å². The minimum absolute atomic E-state index is 0.228. The Bertz CT molecular complexity index is 1120. The summed E-state index contributed by atoms with van der Waals surface area (Å²) in [6.45, 7) is 4.85. The lowest BCUT2D eigenvalue weighted by Crippen LogP contribution is -2.53. The van der Waals surface area contributed by atoms with Crippen LogP contribution in [-0.2, 0) is 14.9 Å². The van der Waals surface area contributed by atoms with Gasteiger partial charge in [-0.05, 0) is 62.6 Å². The van der Waals surface area contributed by atoms with Gasteiger partial charge >= 0.3 is 0 Å². The average molecular weight is 496 g/mol. The zero-order valence-corrected chi connectivity index (χ0v) is 19.7. The minimum atomic E-state index is -0.743. The first-order valence-corrected chi connectivity index (χ1v) is 11.4. The Morgan fingerprint density at radius 2 is 1.62 bits per heavy atom. The molecule has 2 heterocycles. The van der Waals surface area contributed by atoms with Crippen LogP contribution >= 0.6 is 15.9 Å². The maximum absolute atomic E-state index is 13.3. The van der Waals surface area contributed by atoms with Gasteiger partial charge in [0.25, 0.3) is 5.91 Å². The molecule has 1 aliphatic rings. The van der Waals surface area contributed by atoms with Crippen LogP contribution in [0.25, 0.3) is 5.69 Å². The number of ether oxygens (including phenoxy) is 1. The second-order valence-corrected chi connectivity index (χ2v) is 8.98. The number of amides is 2. The number of nitrogens with zero attached hydrogens (tertiary/aromatic N) is 1. The summed E-state index contributed by atoms with van der Waals surface area (Å²) >= 11 is 3.45. The smallest absolute Gasteiger partial charge is 0.271 e. The zero-order valence-electron chi connectivity index (χ0n) is 18.2. The number of benzene rings is 2. The second kappa shape index (κ2) is 9.30. The molecule has 1 saturated heterocycles. The van der Waals surface area contributed by atoms with E-state index in [2.05, 4.69) is 26.8 Å². The molecule has 1 fully saturated rings. The van der Waals surface area contributed by atoms with Crippen molar-refractivity contribution < 1.29 is 14.3 Å². The molecule has 2 aromatic carbocycles. The minimum Gasteiger partial charge on any atom is -0.381 e. The van der Waals surface area contributed by atoms with Gasteiger partial charge in [-0.2, -0.15) is 0 Å². The summed E-state index contributed by atoms with van der Waals surface area (Å²) in [5, 5.41) is 0. The Morgan fingerprint density at radius 3 is 2.28 bits per heavy atom. The molecule has 0 bridgehead atoms. The molecule has 32 heavy (non-hydrogen) atoms. The van der Waals surface area contributed by atoms with E-state index in [4.69, 9.17) is 4.74 Å². The predicted molar refractivity (Wildman–Crippen MR) is 127 cm³/mol. The van der Waals surface area contributed by atoms with Gasteiger partial charge in [0.05, 0.1) is 11.0 Å². The fourth-order valence-electron chi connectivity index (χ4n) is 4.40. The van der Waals surface area contributed by atoms with Crippen LogP contribution in [0, 0.1) is 13.8 Å². The summed E-state index contributed by atoms with van der Waals surface area (Å²) in [6, 6.07) is 19.5. The van der Waals surface area contributed by atoms with E-state index in [-0.39, 0.29) is 11.8 Å². The molecule has 2 N–H and O–H groups in total. The molecule has 7 heteroatoms.